The second-order valence-electron chi connectivity index (χ2n) is 4.32. The van der Waals surface area contributed by atoms with E-state index in [1.54, 1.807) is 6.92 Å². The minimum atomic E-state index is -1.18. The summed E-state index contributed by atoms with van der Waals surface area (Å²) in [5.74, 6) is -1.60. The van der Waals surface area contributed by atoms with Gasteiger partial charge in [-0.1, -0.05) is 6.92 Å². The zero-order chi connectivity index (χ0) is 13.8. The number of ether oxygens (including phenoxy) is 1. The van der Waals surface area contributed by atoms with Crippen LogP contribution in [0.1, 0.15) is 32.6 Å². The molecule has 0 aliphatic heterocycles. The molecule has 18 heavy (non-hydrogen) atoms. The largest absolute Gasteiger partial charge is 0.480 e. The first-order chi connectivity index (χ1) is 8.45. The first kappa shape index (κ1) is 14.3. The lowest BCUT2D eigenvalue weighted by molar-refractivity contribution is -0.148. The standard InChI is InChI=1S/C11H18N2O5/c1-3-7(8(14)18-2)12-10(17)13-11(9(15)16)5-4-6-11/h7H,3-6H2,1-2H3,(H,15,16)(H2,12,13,17). The molecule has 2 amide bonds. The molecular formula is C11H18N2O5. The van der Waals surface area contributed by atoms with E-state index in [9.17, 15) is 14.4 Å². The molecule has 0 aromatic rings. The number of carboxylic acid groups (broad SMARTS) is 1. The highest BCUT2D eigenvalue weighted by Gasteiger charge is 2.46. The molecule has 0 heterocycles. The lowest BCUT2D eigenvalue weighted by Gasteiger charge is -2.38. The number of hydrogen-bond donors (Lipinski definition) is 3. The van der Waals surface area contributed by atoms with Crippen LogP contribution in [0, 0.1) is 0 Å². The van der Waals surface area contributed by atoms with Crippen molar-refractivity contribution in [3.8, 4) is 0 Å². The average molecular weight is 258 g/mol. The van der Waals surface area contributed by atoms with Crippen molar-refractivity contribution in [3.05, 3.63) is 0 Å². The Morgan fingerprint density at radius 1 is 1.39 bits per heavy atom. The highest BCUT2D eigenvalue weighted by molar-refractivity contribution is 5.89. The molecule has 0 radical (unpaired) electrons. The summed E-state index contributed by atoms with van der Waals surface area (Å²) < 4.78 is 4.52. The molecule has 1 aliphatic carbocycles. The SMILES string of the molecule is CCC(NC(=O)NC1(C(=O)O)CCC1)C(=O)OC. The van der Waals surface area contributed by atoms with Gasteiger partial charge in [-0.25, -0.2) is 14.4 Å². The molecule has 7 nitrogen and oxygen atoms in total. The van der Waals surface area contributed by atoms with Crippen LogP contribution in [0.25, 0.3) is 0 Å². The Kier molecular flexibility index (Phi) is 4.52. The summed E-state index contributed by atoms with van der Waals surface area (Å²) in [6.45, 7) is 1.72. The summed E-state index contributed by atoms with van der Waals surface area (Å²) in [6, 6.07) is -1.42. The van der Waals surface area contributed by atoms with Gasteiger partial charge < -0.3 is 20.5 Å². The maximum atomic E-state index is 11.7. The van der Waals surface area contributed by atoms with Crippen molar-refractivity contribution in [2.24, 2.45) is 0 Å². The van der Waals surface area contributed by atoms with E-state index in [-0.39, 0.29) is 0 Å². The van der Waals surface area contributed by atoms with Gasteiger partial charge in [0.2, 0.25) is 0 Å². The Labute approximate surface area is 105 Å². The molecule has 0 aromatic heterocycles. The Balaban J connectivity index is 2.55. The molecule has 102 valence electrons. The Morgan fingerprint density at radius 2 is 2.00 bits per heavy atom. The van der Waals surface area contributed by atoms with E-state index in [0.29, 0.717) is 19.3 Å². The third-order valence-electron chi connectivity index (χ3n) is 3.17. The van der Waals surface area contributed by atoms with Crippen molar-refractivity contribution < 1.29 is 24.2 Å². The lowest BCUT2D eigenvalue weighted by Crippen LogP contribution is -2.62. The van der Waals surface area contributed by atoms with Crippen molar-refractivity contribution in [2.75, 3.05) is 7.11 Å². The van der Waals surface area contributed by atoms with Crippen LogP contribution in [0.4, 0.5) is 4.79 Å². The van der Waals surface area contributed by atoms with Crippen molar-refractivity contribution in [1.29, 1.82) is 0 Å². The van der Waals surface area contributed by atoms with Gasteiger partial charge in [0.25, 0.3) is 0 Å². The zero-order valence-corrected chi connectivity index (χ0v) is 10.5. The van der Waals surface area contributed by atoms with Crippen LogP contribution in [0.15, 0.2) is 0 Å². The van der Waals surface area contributed by atoms with E-state index in [2.05, 4.69) is 15.4 Å². The van der Waals surface area contributed by atoms with Gasteiger partial charge in [0.15, 0.2) is 0 Å². The normalized spacial score (nSPS) is 18.1. The summed E-state index contributed by atoms with van der Waals surface area (Å²) >= 11 is 0. The average Bonchev–Trinajstić information content (AvgIpc) is 2.29. The lowest BCUT2D eigenvalue weighted by atomic mass is 9.77. The molecule has 0 saturated heterocycles. The van der Waals surface area contributed by atoms with E-state index in [4.69, 9.17) is 5.11 Å². The smallest absolute Gasteiger partial charge is 0.329 e. The minimum Gasteiger partial charge on any atom is -0.480 e. The van der Waals surface area contributed by atoms with Crippen molar-refractivity contribution in [1.82, 2.24) is 10.6 Å². The Hall–Kier alpha value is -1.79. The molecule has 0 aromatic carbocycles. The molecule has 0 spiro atoms. The molecule has 1 rings (SSSR count). The fourth-order valence-electron chi connectivity index (χ4n) is 1.80. The van der Waals surface area contributed by atoms with Crippen LogP contribution in [0.3, 0.4) is 0 Å². The summed E-state index contributed by atoms with van der Waals surface area (Å²) in [6.07, 6.45) is 1.95. The zero-order valence-electron chi connectivity index (χ0n) is 10.5. The van der Waals surface area contributed by atoms with Crippen molar-refractivity contribution >= 4 is 18.0 Å². The first-order valence-corrected chi connectivity index (χ1v) is 5.85. The summed E-state index contributed by atoms with van der Waals surface area (Å²) in [4.78, 5) is 34.0. The van der Waals surface area contributed by atoms with Crippen molar-refractivity contribution in [3.63, 3.8) is 0 Å². The predicted octanol–water partition coefficient (Wildman–Crippen LogP) is 0.245. The predicted molar refractivity (Wildman–Crippen MR) is 62.0 cm³/mol. The molecule has 7 heteroatoms. The molecule has 3 N–H and O–H groups in total. The van der Waals surface area contributed by atoms with E-state index in [1.807, 2.05) is 0 Å². The quantitative estimate of drug-likeness (QED) is 0.613. The van der Waals surface area contributed by atoms with Crippen LogP contribution in [-0.2, 0) is 14.3 Å². The first-order valence-electron chi connectivity index (χ1n) is 5.85. The number of amides is 2. The number of esters is 1. The Morgan fingerprint density at radius 3 is 2.33 bits per heavy atom. The second kappa shape index (κ2) is 5.70. The van der Waals surface area contributed by atoms with Gasteiger partial charge in [0.05, 0.1) is 7.11 Å². The summed E-state index contributed by atoms with van der Waals surface area (Å²) in [5, 5.41) is 13.9. The number of hydrogen-bond acceptors (Lipinski definition) is 4. The molecule has 1 fully saturated rings. The summed E-state index contributed by atoms with van der Waals surface area (Å²) in [5.41, 5.74) is -1.18. The van der Waals surface area contributed by atoms with E-state index >= 15 is 0 Å². The van der Waals surface area contributed by atoms with Crippen LogP contribution >= 0.6 is 0 Å². The second-order valence-corrected chi connectivity index (χ2v) is 4.32. The summed E-state index contributed by atoms with van der Waals surface area (Å²) in [7, 11) is 1.23. The molecule has 1 saturated carbocycles. The van der Waals surface area contributed by atoms with E-state index < -0.39 is 29.6 Å². The van der Waals surface area contributed by atoms with Gasteiger partial charge in [0.1, 0.15) is 11.6 Å². The third kappa shape index (κ3) is 2.91. The van der Waals surface area contributed by atoms with Gasteiger partial charge in [-0.05, 0) is 25.7 Å². The number of carbonyl (C=O) groups excluding carboxylic acids is 2. The maximum absolute atomic E-state index is 11.7. The van der Waals surface area contributed by atoms with Gasteiger partial charge in [0, 0.05) is 0 Å². The molecule has 1 aliphatic rings. The topological polar surface area (TPSA) is 105 Å². The van der Waals surface area contributed by atoms with Gasteiger partial charge >= 0.3 is 18.0 Å². The highest BCUT2D eigenvalue weighted by atomic mass is 16.5. The van der Waals surface area contributed by atoms with Crippen LogP contribution in [0.2, 0.25) is 0 Å². The van der Waals surface area contributed by atoms with Gasteiger partial charge in [-0.3, -0.25) is 0 Å². The maximum Gasteiger partial charge on any atom is 0.329 e. The monoisotopic (exact) mass is 258 g/mol. The van der Waals surface area contributed by atoms with Crippen molar-refractivity contribution in [2.45, 2.75) is 44.2 Å². The Bertz CT molecular complexity index is 351. The van der Waals surface area contributed by atoms with E-state index in [0.717, 1.165) is 6.42 Å². The molecule has 1 atom stereocenters. The molecule has 1 unspecified atom stereocenters. The fourth-order valence-corrected chi connectivity index (χ4v) is 1.80. The van der Waals surface area contributed by atoms with Gasteiger partial charge in [-0.2, -0.15) is 0 Å². The number of rotatable bonds is 5. The number of carboxylic acids is 1. The highest BCUT2D eigenvalue weighted by Crippen LogP contribution is 2.31. The number of aliphatic carboxylic acids is 1. The third-order valence-corrected chi connectivity index (χ3v) is 3.17. The van der Waals surface area contributed by atoms with Crippen LogP contribution < -0.4 is 10.6 Å². The molecular weight excluding hydrogens is 240 g/mol. The number of urea groups is 1. The fraction of sp³-hybridized carbons (Fsp3) is 0.727. The van der Waals surface area contributed by atoms with Gasteiger partial charge in [-0.15, -0.1) is 0 Å². The number of carbonyl (C=O) groups is 3. The van der Waals surface area contributed by atoms with Crippen LogP contribution in [-0.4, -0.2) is 41.8 Å². The van der Waals surface area contributed by atoms with E-state index in [1.165, 1.54) is 7.11 Å². The molecule has 0 bridgehead atoms. The number of methoxy groups -OCH3 is 1. The van der Waals surface area contributed by atoms with Crippen LogP contribution in [0.5, 0.6) is 0 Å². The number of nitrogens with one attached hydrogen (secondary N) is 2. The minimum absolute atomic E-state index is 0.375.